The molecule has 0 aliphatic rings. The molecule has 0 spiro atoms. The molecule has 0 N–H and O–H groups in total. The molecule has 0 unspecified atom stereocenters. The van der Waals surface area contributed by atoms with E-state index >= 15 is 0 Å². The molecule has 0 saturated carbocycles. The van der Waals surface area contributed by atoms with Gasteiger partial charge in [-0.05, 0) is 57.8 Å². The number of unbranched alkanes of at least 4 members (excludes halogenated alkanes) is 23. The molecule has 0 aromatic carbocycles. The molecule has 0 aliphatic heterocycles. The number of carbonyl (C=O) groups is 3. The van der Waals surface area contributed by atoms with Crippen molar-refractivity contribution in [3.63, 3.8) is 0 Å². The number of ether oxygens (including phenoxy) is 3. The molecule has 0 aliphatic carbocycles. The van der Waals surface area contributed by atoms with Gasteiger partial charge in [0.1, 0.15) is 13.2 Å². The van der Waals surface area contributed by atoms with Gasteiger partial charge >= 0.3 is 17.9 Å². The van der Waals surface area contributed by atoms with Crippen LogP contribution in [0.25, 0.3) is 0 Å². The van der Waals surface area contributed by atoms with Gasteiger partial charge in [0.15, 0.2) is 6.10 Å². The summed E-state index contributed by atoms with van der Waals surface area (Å²) < 4.78 is 16.7. The predicted molar refractivity (Wildman–Crippen MR) is 265 cm³/mol. The normalized spacial score (nSPS) is 12.6. The van der Waals surface area contributed by atoms with Crippen molar-refractivity contribution in [3.8, 4) is 0 Å². The quantitative estimate of drug-likeness (QED) is 0.0262. The van der Waals surface area contributed by atoms with E-state index in [1.54, 1.807) is 0 Å². The molecule has 6 heteroatoms. The summed E-state index contributed by atoms with van der Waals surface area (Å²) in [6.07, 6.45) is 63.2. The SMILES string of the molecule is CC/C=C\C/C=C\C/C=C\C/C=C\C/C=C\C/C=C\CCC(=O)OC[C@@H](COC(=O)CCCCCCCCCCCCC)OC(=O)CCCCCCCCCCCCCCCC. The number of esters is 3. The highest BCUT2D eigenvalue weighted by Crippen LogP contribution is 2.15. The molecule has 0 saturated heterocycles. The molecule has 1 atom stereocenters. The minimum absolute atomic E-state index is 0.0955. The van der Waals surface area contributed by atoms with E-state index in [2.05, 4.69) is 87.6 Å². The lowest BCUT2D eigenvalue weighted by atomic mass is 10.0. The molecule has 0 aromatic rings. The van der Waals surface area contributed by atoms with E-state index in [-0.39, 0.29) is 37.5 Å². The van der Waals surface area contributed by atoms with Crippen molar-refractivity contribution in [3.05, 3.63) is 72.9 Å². The third-order valence-electron chi connectivity index (χ3n) is 11.0. The van der Waals surface area contributed by atoms with Gasteiger partial charge in [-0.3, -0.25) is 14.4 Å². The fraction of sp³-hybridized carbons (Fsp3) is 0.732. The Kier molecular flexibility index (Phi) is 47.9. The zero-order chi connectivity index (χ0) is 45.1. The lowest BCUT2D eigenvalue weighted by Gasteiger charge is -2.18. The zero-order valence-electron chi connectivity index (χ0n) is 40.6. The summed E-state index contributed by atoms with van der Waals surface area (Å²) in [5.74, 6) is -0.980. The summed E-state index contributed by atoms with van der Waals surface area (Å²) >= 11 is 0. The Morgan fingerprint density at radius 1 is 0.339 bits per heavy atom. The van der Waals surface area contributed by atoms with Gasteiger partial charge in [0.2, 0.25) is 0 Å². The molecule has 62 heavy (non-hydrogen) atoms. The third-order valence-corrected chi connectivity index (χ3v) is 11.0. The zero-order valence-corrected chi connectivity index (χ0v) is 40.6. The highest BCUT2D eigenvalue weighted by Gasteiger charge is 2.19. The molecule has 6 nitrogen and oxygen atoms in total. The first kappa shape index (κ1) is 58.9. The molecule has 0 rings (SSSR count). The number of carbonyl (C=O) groups excluding carboxylic acids is 3. The van der Waals surface area contributed by atoms with Crippen LogP contribution in [0.5, 0.6) is 0 Å². The van der Waals surface area contributed by atoms with Crippen molar-refractivity contribution in [1.29, 1.82) is 0 Å². The number of hydrogen-bond donors (Lipinski definition) is 0. The van der Waals surface area contributed by atoms with Gasteiger partial charge in [-0.15, -0.1) is 0 Å². The maximum atomic E-state index is 12.8. The summed E-state index contributed by atoms with van der Waals surface area (Å²) in [7, 11) is 0. The Balaban J connectivity index is 4.46. The first-order valence-electron chi connectivity index (χ1n) is 25.9. The second kappa shape index (κ2) is 50.5. The molecule has 0 aromatic heterocycles. The topological polar surface area (TPSA) is 78.9 Å². The first-order valence-corrected chi connectivity index (χ1v) is 25.9. The fourth-order valence-corrected chi connectivity index (χ4v) is 7.12. The lowest BCUT2D eigenvalue weighted by molar-refractivity contribution is -0.166. The molecule has 0 bridgehead atoms. The second-order valence-electron chi connectivity index (χ2n) is 17.1. The van der Waals surface area contributed by atoms with Crippen molar-refractivity contribution in [2.75, 3.05) is 13.2 Å². The summed E-state index contributed by atoms with van der Waals surface area (Å²) in [6.45, 7) is 6.46. The number of allylic oxidation sites excluding steroid dienone is 12. The Labute approximate surface area is 382 Å². The molecule has 0 fully saturated rings. The standard InChI is InChI=1S/C56H96O6/c1-4-7-10-13-16-19-22-24-26-27-28-29-30-32-34-37-40-43-46-49-55(58)61-52-53(51-60-54(57)48-45-42-39-36-33-21-18-15-12-9-6-3)62-56(59)50-47-44-41-38-35-31-25-23-20-17-14-11-8-5-2/h7,10,16,19,24,26,28-29,32,34,40,43,53H,4-6,8-9,11-15,17-18,20-23,25,27,30-31,33,35-39,41-42,44-52H2,1-3H3/b10-7-,19-16-,26-24-,29-28-,34-32-,43-40-/t53-/m1/s1. The summed E-state index contributed by atoms with van der Waals surface area (Å²) in [6, 6.07) is 0. The van der Waals surface area contributed by atoms with Crippen LogP contribution in [-0.4, -0.2) is 37.2 Å². The summed E-state index contributed by atoms with van der Waals surface area (Å²) in [5, 5.41) is 0. The molecular weight excluding hydrogens is 769 g/mol. The van der Waals surface area contributed by atoms with Crippen LogP contribution >= 0.6 is 0 Å². The van der Waals surface area contributed by atoms with Crippen molar-refractivity contribution < 1.29 is 28.6 Å². The van der Waals surface area contributed by atoms with Gasteiger partial charge in [0.25, 0.3) is 0 Å². The highest BCUT2D eigenvalue weighted by atomic mass is 16.6. The lowest BCUT2D eigenvalue weighted by Crippen LogP contribution is -2.30. The van der Waals surface area contributed by atoms with Crippen LogP contribution in [-0.2, 0) is 28.6 Å². The molecule has 356 valence electrons. The van der Waals surface area contributed by atoms with Gasteiger partial charge in [0.05, 0.1) is 0 Å². The third kappa shape index (κ3) is 47.9. The van der Waals surface area contributed by atoms with E-state index in [1.807, 2.05) is 6.08 Å². The number of rotatable bonds is 46. The average molecular weight is 865 g/mol. The van der Waals surface area contributed by atoms with Gasteiger partial charge in [0, 0.05) is 19.3 Å². The Bertz CT molecular complexity index is 1180. The van der Waals surface area contributed by atoms with Crippen molar-refractivity contribution >= 4 is 17.9 Å². The van der Waals surface area contributed by atoms with Crippen molar-refractivity contribution in [2.45, 2.75) is 252 Å². The number of hydrogen-bond acceptors (Lipinski definition) is 6. The van der Waals surface area contributed by atoms with E-state index in [1.165, 1.54) is 122 Å². The Morgan fingerprint density at radius 3 is 0.984 bits per heavy atom. The van der Waals surface area contributed by atoms with Crippen LogP contribution in [0.1, 0.15) is 245 Å². The monoisotopic (exact) mass is 865 g/mol. The summed E-state index contributed by atoms with van der Waals surface area (Å²) in [5.41, 5.74) is 0. The highest BCUT2D eigenvalue weighted by molar-refractivity contribution is 5.71. The van der Waals surface area contributed by atoms with Crippen LogP contribution in [0, 0.1) is 0 Å². The first-order chi connectivity index (χ1) is 30.5. The molecule has 0 radical (unpaired) electrons. The van der Waals surface area contributed by atoms with E-state index in [0.29, 0.717) is 19.3 Å². The van der Waals surface area contributed by atoms with Crippen LogP contribution in [0.4, 0.5) is 0 Å². The minimum atomic E-state index is -0.801. The summed E-state index contributed by atoms with van der Waals surface area (Å²) in [4.78, 5) is 37.9. The Morgan fingerprint density at radius 2 is 0.629 bits per heavy atom. The predicted octanol–water partition coefficient (Wildman–Crippen LogP) is 17.0. The second-order valence-corrected chi connectivity index (χ2v) is 17.1. The van der Waals surface area contributed by atoms with E-state index in [0.717, 1.165) is 77.0 Å². The van der Waals surface area contributed by atoms with Crippen LogP contribution in [0.2, 0.25) is 0 Å². The Hall–Kier alpha value is -3.15. The molecular formula is C56H96O6. The average Bonchev–Trinajstić information content (AvgIpc) is 3.27. The molecule has 0 amide bonds. The largest absolute Gasteiger partial charge is 0.462 e. The van der Waals surface area contributed by atoms with Gasteiger partial charge in [-0.25, -0.2) is 0 Å². The maximum absolute atomic E-state index is 12.8. The van der Waals surface area contributed by atoms with Crippen LogP contribution in [0.3, 0.4) is 0 Å². The van der Waals surface area contributed by atoms with Crippen LogP contribution < -0.4 is 0 Å². The van der Waals surface area contributed by atoms with Crippen LogP contribution in [0.15, 0.2) is 72.9 Å². The van der Waals surface area contributed by atoms with Crippen molar-refractivity contribution in [1.82, 2.24) is 0 Å². The smallest absolute Gasteiger partial charge is 0.306 e. The maximum Gasteiger partial charge on any atom is 0.306 e. The van der Waals surface area contributed by atoms with E-state index in [4.69, 9.17) is 14.2 Å². The van der Waals surface area contributed by atoms with Gasteiger partial charge < -0.3 is 14.2 Å². The van der Waals surface area contributed by atoms with E-state index < -0.39 is 6.10 Å². The van der Waals surface area contributed by atoms with Gasteiger partial charge in [-0.2, -0.15) is 0 Å². The van der Waals surface area contributed by atoms with Crippen molar-refractivity contribution in [2.24, 2.45) is 0 Å². The fourth-order valence-electron chi connectivity index (χ4n) is 7.12. The van der Waals surface area contributed by atoms with Gasteiger partial charge in [-0.1, -0.05) is 241 Å². The molecule has 0 heterocycles. The minimum Gasteiger partial charge on any atom is -0.462 e. The van der Waals surface area contributed by atoms with E-state index in [9.17, 15) is 14.4 Å².